The minimum atomic E-state index is -0.102. The van der Waals surface area contributed by atoms with Crippen molar-refractivity contribution in [3.63, 3.8) is 0 Å². The molecule has 1 aromatic carbocycles. The van der Waals surface area contributed by atoms with Crippen molar-refractivity contribution in [2.75, 3.05) is 18.8 Å². The number of nitrogens with one attached hydrogen (secondary N) is 2. The molecule has 0 saturated heterocycles. The summed E-state index contributed by atoms with van der Waals surface area (Å²) >= 11 is 3.13. The molecule has 6 heteroatoms. The van der Waals surface area contributed by atoms with E-state index >= 15 is 0 Å². The molecule has 2 heterocycles. The number of thiophene rings is 1. The standard InChI is InChI=1S/C19H23N3OS2/c1-19(2)12-20-18(21-13-19)25-11-16(23)22-17(15-9-6-10-24-15)14-7-4-3-5-8-14/h3-10,17H,11-13H2,1-2H3,(H,20,21)(H,22,23). The fourth-order valence-electron chi connectivity index (χ4n) is 2.57. The zero-order valence-electron chi connectivity index (χ0n) is 14.5. The molecule has 1 aliphatic heterocycles. The van der Waals surface area contributed by atoms with Gasteiger partial charge < -0.3 is 10.6 Å². The van der Waals surface area contributed by atoms with Gasteiger partial charge in [-0.05, 0) is 17.0 Å². The monoisotopic (exact) mass is 373 g/mol. The van der Waals surface area contributed by atoms with Gasteiger partial charge in [0.05, 0.1) is 11.8 Å². The van der Waals surface area contributed by atoms with Crippen LogP contribution in [0, 0.1) is 5.41 Å². The zero-order valence-corrected chi connectivity index (χ0v) is 16.1. The maximum atomic E-state index is 12.5. The first kappa shape index (κ1) is 18.0. The number of carbonyl (C=O) groups excluding carboxylic acids is 1. The quantitative estimate of drug-likeness (QED) is 0.841. The highest BCUT2D eigenvalue weighted by atomic mass is 32.2. The topological polar surface area (TPSA) is 53.5 Å². The Morgan fingerprint density at radius 3 is 2.76 bits per heavy atom. The third-order valence-corrected chi connectivity index (χ3v) is 5.87. The molecule has 0 radical (unpaired) electrons. The van der Waals surface area contributed by atoms with Crippen molar-refractivity contribution >= 4 is 34.2 Å². The number of benzene rings is 1. The number of carbonyl (C=O) groups is 1. The number of hydrogen-bond acceptors (Lipinski definition) is 5. The number of aliphatic imine (C=N–C) groups is 1. The summed E-state index contributed by atoms with van der Waals surface area (Å²) in [6, 6.07) is 14.1. The van der Waals surface area contributed by atoms with Gasteiger partial charge >= 0.3 is 0 Å². The molecule has 1 amide bonds. The van der Waals surface area contributed by atoms with Gasteiger partial charge in [-0.2, -0.15) is 0 Å². The highest BCUT2D eigenvalue weighted by Crippen LogP contribution is 2.26. The Morgan fingerprint density at radius 1 is 1.32 bits per heavy atom. The van der Waals surface area contributed by atoms with Crippen molar-refractivity contribution in [2.24, 2.45) is 10.4 Å². The van der Waals surface area contributed by atoms with Crippen molar-refractivity contribution in [1.29, 1.82) is 0 Å². The second-order valence-electron chi connectivity index (χ2n) is 6.85. The van der Waals surface area contributed by atoms with Crippen molar-refractivity contribution in [3.05, 3.63) is 58.3 Å². The Balaban J connectivity index is 1.61. The van der Waals surface area contributed by atoms with Crippen molar-refractivity contribution in [3.8, 4) is 0 Å². The molecule has 1 aliphatic rings. The number of amides is 1. The van der Waals surface area contributed by atoms with Gasteiger partial charge in [0, 0.05) is 23.4 Å². The van der Waals surface area contributed by atoms with Crippen molar-refractivity contribution in [2.45, 2.75) is 19.9 Å². The molecule has 25 heavy (non-hydrogen) atoms. The van der Waals surface area contributed by atoms with Crippen LogP contribution < -0.4 is 10.6 Å². The van der Waals surface area contributed by atoms with Crippen molar-refractivity contribution in [1.82, 2.24) is 10.6 Å². The highest BCUT2D eigenvalue weighted by Gasteiger charge is 2.23. The predicted molar refractivity (Wildman–Crippen MR) is 107 cm³/mol. The maximum absolute atomic E-state index is 12.5. The Labute approximate surface area is 157 Å². The number of hydrogen-bond donors (Lipinski definition) is 2. The SMILES string of the molecule is CC1(C)CN=C(SCC(=O)NC(c2ccccc2)c2cccs2)NC1. The Kier molecular flexibility index (Phi) is 5.81. The van der Waals surface area contributed by atoms with E-state index in [0.717, 1.165) is 28.7 Å². The second-order valence-corrected chi connectivity index (χ2v) is 8.80. The van der Waals surface area contributed by atoms with E-state index in [4.69, 9.17) is 0 Å². The van der Waals surface area contributed by atoms with Gasteiger partial charge in [0.1, 0.15) is 0 Å². The second kappa shape index (κ2) is 8.06. The van der Waals surface area contributed by atoms with E-state index in [0.29, 0.717) is 5.75 Å². The number of amidine groups is 1. The maximum Gasteiger partial charge on any atom is 0.231 e. The minimum absolute atomic E-state index is 0.0154. The fourth-order valence-corrected chi connectivity index (χ4v) is 4.05. The molecular formula is C19H23N3OS2. The largest absolute Gasteiger partial charge is 0.364 e. The molecule has 0 bridgehead atoms. The van der Waals surface area contributed by atoms with Gasteiger partial charge in [-0.25, -0.2) is 0 Å². The van der Waals surface area contributed by atoms with Gasteiger partial charge in [-0.15, -0.1) is 11.3 Å². The highest BCUT2D eigenvalue weighted by molar-refractivity contribution is 8.14. The third kappa shape index (κ3) is 5.09. The molecule has 3 rings (SSSR count). The fraction of sp³-hybridized carbons (Fsp3) is 0.368. The van der Waals surface area contributed by atoms with Crippen LogP contribution in [0.2, 0.25) is 0 Å². The van der Waals surface area contributed by atoms with Crippen molar-refractivity contribution < 1.29 is 4.79 Å². The van der Waals surface area contributed by atoms with Gasteiger partial charge in [0.2, 0.25) is 5.91 Å². The van der Waals surface area contributed by atoms with Crippen LogP contribution in [0.25, 0.3) is 0 Å². The summed E-state index contributed by atoms with van der Waals surface area (Å²) in [7, 11) is 0. The summed E-state index contributed by atoms with van der Waals surface area (Å²) in [6.07, 6.45) is 0. The van der Waals surface area contributed by atoms with Gasteiger partial charge in [0.25, 0.3) is 0 Å². The lowest BCUT2D eigenvalue weighted by Gasteiger charge is -2.28. The van der Waals surface area contributed by atoms with E-state index in [1.54, 1.807) is 11.3 Å². The summed E-state index contributed by atoms with van der Waals surface area (Å²) in [5, 5.41) is 9.37. The zero-order chi connectivity index (χ0) is 17.7. The third-order valence-electron chi connectivity index (χ3n) is 3.97. The van der Waals surface area contributed by atoms with E-state index in [9.17, 15) is 4.79 Å². The van der Waals surface area contributed by atoms with Crippen LogP contribution in [0.1, 0.15) is 30.3 Å². The normalized spacial score (nSPS) is 17.3. The summed E-state index contributed by atoms with van der Waals surface area (Å²) in [6.45, 7) is 6.06. The number of rotatable bonds is 5. The number of thioether (sulfide) groups is 1. The van der Waals surface area contributed by atoms with E-state index in [1.807, 2.05) is 41.8 Å². The summed E-state index contributed by atoms with van der Waals surface area (Å²) < 4.78 is 0. The molecule has 2 aromatic rings. The average Bonchev–Trinajstić information content (AvgIpc) is 3.14. The van der Waals surface area contributed by atoms with Crippen LogP contribution in [-0.4, -0.2) is 29.9 Å². The summed E-state index contributed by atoms with van der Waals surface area (Å²) in [5.41, 5.74) is 1.28. The lowest BCUT2D eigenvalue weighted by atomic mass is 9.93. The Morgan fingerprint density at radius 2 is 2.12 bits per heavy atom. The minimum Gasteiger partial charge on any atom is -0.364 e. The molecule has 2 N–H and O–H groups in total. The molecule has 0 spiro atoms. The Bertz CT molecular complexity index is 726. The van der Waals surface area contributed by atoms with E-state index in [1.165, 1.54) is 11.8 Å². The molecule has 132 valence electrons. The summed E-state index contributed by atoms with van der Waals surface area (Å²) in [4.78, 5) is 18.2. The first-order valence-corrected chi connectivity index (χ1v) is 10.2. The average molecular weight is 374 g/mol. The molecule has 0 aliphatic carbocycles. The molecule has 0 saturated carbocycles. The van der Waals surface area contributed by atoms with Crippen LogP contribution in [0.3, 0.4) is 0 Å². The van der Waals surface area contributed by atoms with Crippen LogP contribution in [-0.2, 0) is 4.79 Å². The van der Waals surface area contributed by atoms with Crippen LogP contribution in [0.4, 0.5) is 0 Å². The predicted octanol–water partition coefficient (Wildman–Crippen LogP) is 3.67. The lowest BCUT2D eigenvalue weighted by Crippen LogP contribution is -2.40. The van der Waals surface area contributed by atoms with E-state index in [2.05, 4.69) is 35.5 Å². The molecule has 1 atom stereocenters. The van der Waals surface area contributed by atoms with E-state index < -0.39 is 0 Å². The Hall–Kier alpha value is -1.79. The van der Waals surface area contributed by atoms with Crippen LogP contribution >= 0.6 is 23.1 Å². The van der Waals surface area contributed by atoms with E-state index in [-0.39, 0.29) is 17.4 Å². The smallest absolute Gasteiger partial charge is 0.231 e. The molecular weight excluding hydrogens is 350 g/mol. The molecule has 0 fully saturated rings. The molecule has 1 aromatic heterocycles. The first-order valence-electron chi connectivity index (χ1n) is 8.32. The van der Waals surface area contributed by atoms with Gasteiger partial charge in [-0.3, -0.25) is 9.79 Å². The molecule has 1 unspecified atom stereocenters. The van der Waals surface area contributed by atoms with Crippen LogP contribution in [0.5, 0.6) is 0 Å². The number of nitrogens with zero attached hydrogens (tertiary/aromatic N) is 1. The van der Waals surface area contributed by atoms with Gasteiger partial charge in [0.15, 0.2) is 5.17 Å². The lowest BCUT2D eigenvalue weighted by molar-refractivity contribution is -0.119. The summed E-state index contributed by atoms with van der Waals surface area (Å²) in [5.74, 6) is 0.377. The first-order chi connectivity index (χ1) is 12.0. The van der Waals surface area contributed by atoms with Crippen LogP contribution in [0.15, 0.2) is 52.8 Å². The van der Waals surface area contributed by atoms with Gasteiger partial charge in [-0.1, -0.05) is 62.0 Å². The molecule has 4 nitrogen and oxygen atoms in total.